The van der Waals surface area contributed by atoms with Gasteiger partial charge in [0.15, 0.2) is 18.1 Å². The minimum Gasteiger partial charge on any atom is -0.493 e. The molecule has 3 N–H and O–H groups in total. The highest BCUT2D eigenvalue weighted by molar-refractivity contribution is 5.94. The molecule has 0 spiro atoms. The third kappa shape index (κ3) is 8.35. The van der Waals surface area contributed by atoms with Crippen LogP contribution >= 0.6 is 0 Å². The third-order valence-electron chi connectivity index (χ3n) is 5.10. The summed E-state index contributed by atoms with van der Waals surface area (Å²) < 4.78 is 10.7. The van der Waals surface area contributed by atoms with Crippen LogP contribution in [-0.2, 0) is 16.1 Å². The molecule has 3 rings (SSSR count). The SMILES string of the molecule is COc1ccccc1OCC(=O)Nc1cccc(NC(=O)CCNC(=O)N(C)Cc2ccccc2)c1. The maximum Gasteiger partial charge on any atom is 0.317 e. The molecule has 0 aliphatic rings. The molecule has 0 saturated carbocycles. The summed E-state index contributed by atoms with van der Waals surface area (Å²) in [5.74, 6) is 0.388. The lowest BCUT2D eigenvalue weighted by Gasteiger charge is -2.18. The quantitative estimate of drug-likeness (QED) is 0.378. The molecule has 3 aromatic carbocycles. The summed E-state index contributed by atoms with van der Waals surface area (Å²) >= 11 is 0. The average molecular weight is 491 g/mol. The number of carbonyl (C=O) groups excluding carboxylic acids is 3. The Hall–Kier alpha value is -4.53. The normalized spacial score (nSPS) is 10.2. The lowest BCUT2D eigenvalue weighted by molar-refractivity contribution is -0.118. The molecule has 0 bridgehead atoms. The molecule has 0 radical (unpaired) electrons. The number of ether oxygens (including phenoxy) is 2. The number of nitrogens with one attached hydrogen (secondary N) is 3. The van der Waals surface area contributed by atoms with Gasteiger partial charge in [0.1, 0.15) is 0 Å². The van der Waals surface area contributed by atoms with Crippen LogP contribution in [0.4, 0.5) is 16.2 Å². The van der Waals surface area contributed by atoms with E-state index in [1.807, 2.05) is 36.4 Å². The molecule has 9 nitrogen and oxygen atoms in total. The fourth-order valence-corrected chi connectivity index (χ4v) is 3.32. The summed E-state index contributed by atoms with van der Waals surface area (Å²) in [6.45, 7) is 0.469. The van der Waals surface area contributed by atoms with Gasteiger partial charge in [0.05, 0.1) is 7.11 Å². The van der Waals surface area contributed by atoms with Crippen LogP contribution in [0, 0.1) is 0 Å². The Kier molecular flexibility index (Phi) is 9.69. The van der Waals surface area contributed by atoms with E-state index in [4.69, 9.17) is 9.47 Å². The number of anilines is 2. The zero-order valence-electron chi connectivity index (χ0n) is 20.3. The number of urea groups is 1. The number of nitrogens with zero attached hydrogens (tertiary/aromatic N) is 1. The van der Waals surface area contributed by atoms with Crippen molar-refractivity contribution in [3.63, 3.8) is 0 Å². The molecule has 4 amide bonds. The molecule has 0 aromatic heterocycles. The van der Waals surface area contributed by atoms with E-state index < -0.39 is 0 Å². The number of para-hydroxylation sites is 2. The van der Waals surface area contributed by atoms with Crippen LogP contribution in [0.25, 0.3) is 0 Å². The molecule has 0 atom stereocenters. The molecule has 0 aliphatic carbocycles. The van der Waals surface area contributed by atoms with Crippen molar-refractivity contribution >= 4 is 29.2 Å². The van der Waals surface area contributed by atoms with E-state index in [9.17, 15) is 14.4 Å². The van der Waals surface area contributed by atoms with Crippen molar-refractivity contribution in [2.24, 2.45) is 0 Å². The Morgan fingerprint density at radius 2 is 1.44 bits per heavy atom. The van der Waals surface area contributed by atoms with E-state index in [1.165, 1.54) is 7.11 Å². The van der Waals surface area contributed by atoms with Crippen molar-refractivity contribution in [3.8, 4) is 11.5 Å². The predicted octanol–water partition coefficient (Wildman–Crippen LogP) is 3.88. The molecule has 0 aliphatic heterocycles. The Morgan fingerprint density at radius 3 is 2.14 bits per heavy atom. The fraction of sp³-hybridized carbons (Fsp3) is 0.222. The lowest BCUT2D eigenvalue weighted by atomic mass is 10.2. The molecule has 3 aromatic rings. The first-order valence-electron chi connectivity index (χ1n) is 11.4. The number of amides is 4. The van der Waals surface area contributed by atoms with E-state index in [-0.39, 0.29) is 37.4 Å². The maximum atomic E-state index is 12.3. The van der Waals surface area contributed by atoms with Crippen molar-refractivity contribution in [1.29, 1.82) is 0 Å². The summed E-state index contributed by atoms with van der Waals surface area (Å²) in [6.07, 6.45) is 0.105. The topological polar surface area (TPSA) is 109 Å². The largest absolute Gasteiger partial charge is 0.493 e. The van der Waals surface area contributed by atoms with E-state index in [0.717, 1.165) is 5.56 Å². The first-order valence-corrected chi connectivity index (χ1v) is 11.4. The number of methoxy groups -OCH3 is 1. The highest BCUT2D eigenvalue weighted by atomic mass is 16.5. The fourth-order valence-electron chi connectivity index (χ4n) is 3.32. The van der Waals surface area contributed by atoms with E-state index >= 15 is 0 Å². The molecule has 188 valence electrons. The second kappa shape index (κ2) is 13.4. The van der Waals surface area contributed by atoms with Crippen LogP contribution in [0.5, 0.6) is 11.5 Å². The van der Waals surface area contributed by atoms with Gasteiger partial charge in [0.2, 0.25) is 5.91 Å². The van der Waals surface area contributed by atoms with Gasteiger partial charge >= 0.3 is 6.03 Å². The van der Waals surface area contributed by atoms with Crippen molar-refractivity contribution in [2.45, 2.75) is 13.0 Å². The van der Waals surface area contributed by atoms with Crippen LogP contribution in [0.15, 0.2) is 78.9 Å². The molecular weight excluding hydrogens is 460 g/mol. The van der Waals surface area contributed by atoms with Gasteiger partial charge in [-0.15, -0.1) is 0 Å². The van der Waals surface area contributed by atoms with Gasteiger partial charge in [-0.05, 0) is 35.9 Å². The van der Waals surface area contributed by atoms with Crippen LogP contribution < -0.4 is 25.4 Å². The maximum absolute atomic E-state index is 12.3. The molecule has 0 saturated heterocycles. The minimum atomic E-state index is -0.355. The minimum absolute atomic E-state index is 0.105. The summed E-state index contributed by atoms with van der Waals surface area (Å²) in [6, 6.07) is 23.2. The Balaban J connectivity index is 1.40. The molecule has 9 heteroatoms. The van der Waals surface area contributed by atoms with Gasteiger partial charge in [-0.1, -0.05) is 48.5 Å². The second-order valence-electron chi connectivity index (χ2n) is 7.94. The van der Waals surface area contributed by atoms with Crippen molar-refractivity contribution in [3.05, 3.63) is 84.4 Å². The van der Waals surface area contributed by atoms with Crippen molar-refractivity contribution < 1.29 is 23.9 Å². The number of hydrogen-bond donors (Lipinski definition) is 3. The van der Waals surface area contributed by atoms with Gasteiger partial charge in [0.25, 0.3) is 5.91 Å². The van der Waals surface area contributed by atoms with Gasteiger partial charge in [-0.2, -0.15) is 0 Å². The molecule has 0 heterocycles. The molecule has 0 unspecified atom stereocenters. The van der Waals surface area contributed by atoms with Crippen LogP contribution in [-0.4, -0.2) is 50.1 Å². The number of carbonyl (C=O) groups is 3. The molecular formula is C27H30N4O5. The predicted molar refractivity (Wildman–Crippen MR) is 138 cm³/mol. The monoisotopic (exact) mass is 490 g/mol. The Labute approximate surface area is 210 Å². The average Bonchev–Trinajstić information content (AvgIpc) is 2.88. The highest BCUT2D eigenvalue weighted by Crippen LogP contribution is 2.25. The van der Waals surface area contributed by atoms with Gasteiger partial charge < -0.3 is 30.3 Å². The van der Waals surface area contributed by atoms with Crippen LogP contribution in [0.3, 0.4) is 0 Å². The number of benzene rings is 3. The van der Waals surface area contributed by atoms with Gasteiger partial charge in [0, 0.05) is 37.9 Å². The van der Waals surface area contributed by atoms with E-state index in [1.54, 1.807) is 54.4 Å². The third-order valence-corrected chi connectivity index (χ3v) is 5.10. The number of hydrogen-bond acceptors (Lipinski definition) is 5. The van der Waals surface area contributed by atoms with Crippen molar-refractivity contribution in [2.75, 3.05) is 37.9 Å². The Morgan fingerprint density at radius 1 is 0.806 bits per heavy atom. The van der Waals surface area contributed by atoms with E-state index in [0.29, 0.717) is 29.4 Å². The molecule has 0 fully saturated rings. The van der Waals surface area contributed by atoms with Crippen LogP contribution in [0.1, 0.15) is 12.0 Å². The zero-order chi connectivity index (χ0) is 25.8. The highest BCUT2D eigenvalue weighted by Gasteiger charge is 2.11. The summed E-state index contributed by atoms with van der Waals surface area (Å²) in [4.78, 5) is 38.4. The van der Waals surface area contributed by atoms with Crippen LogP contribution in [0.2, 0.25) is 0 Å². The van der Waals surface area contributed by atoms with Crippen molar-refractivity contribution in [1.82, 2.24) is 10.2 Å². The van der Waals surface area contributed by atoms with Gasteiger partial charge in [-0.3, -0.25) is 9.59 Å². The molecule has 36 heavy (non-hydrogen) atoms. The zero-order valence-corrected chi connectivity index (χ0v) is 20.3. The van der Waals surface area contributed by atoms with Gasteiger partial charge in [-0.25, -0.2) is 4.79 Å². The lowest BCUT2D eigenvalue weighted by Crippen LogP contribution is -2.38. The number of rotatable bonds is 11. The first kappa shape index (κ1) is 26.1. The summed E-state index contributed by atoms with van der Waals surface area (Å²) in [5, 5.41) is 8.24. The van der Waals surface area contributed by atoms with E-state index in [2.05, 4.69) is 16.0 Å². The Bertz CT molecular complexity index is 1170. The second-order valence-corrected chi connectivity index (χ2v) is 7.94. The summed E-state index contributed by atoms with van der Waals surface area (Å²) in [5.41, 5.74) is 2.06. The standard InChI is InChI=1S/C27H30N4O5/c1-31(18-20-9-4-3-5-10-20)27(34)28-16-15-25(32)29-21-11-8-12-22(17-21)30-26(33)19-36-24-14-7-6-13-23(24)35-2/h3-14,17H,15-16,18-19H2,1-2H3,(H,28,34)(H,29,32)(H,30,33). The smallest absolute Gasteiger partial charge is 0.317 e. The summed E-state index contributed by atoms with van der Waals surface area (Å²) in [7, 11) is 3.23. The first-order chi connectivity index (χ1) is 17.4.